The molecule has 2 saturated carbocycles. The Morgan fingerprint density at radius 2 is 1.55 bits per heavy atom. The average Bonchev–Trinajstić information content (AvgIpc) is 3.13. The van der Waals surface area contributed by atoms with Crippen molar-refractivity contribution < 1.29 is 49.0 Å². The van der Waals surface area contributed by atoms with Crippen LogP contribution in [0.5, 0.6) is 0 Å². The molecule has 1 amide bonds. The normalized spacial score (nSPS) is 28.5. The highest BCUT2D eigenvalue weighted by molar-refractivity contribution is 5.78. The molecule has 3 unspecified atom stereocenters. The standard InChI is InChI=1S/C27H39F9N2O2/c1-7-9-17(2)19-12-13-23(4)20(18(19)3)10-11-21(23)38(6)22(39)16-37(5)14-8-15-40-24(25(28,29)30,26(31,32)33)27(34,35)36/h7,9,18-21H,1,8,10-16H2,2-6H3/b17-9+/t18?,19?,20?,21-,23-/m0/s1. The van der Waals surface area contributed by atoms with E-state index in [0.717, 1.165) is 25.7 Å². The molecule has 2 fully saturated rings. The number of fused-ring (bicyclic) bond motifs is 1. The summed E-state index contributed by atoms with van der Waals surface area (Å²) >= 11 is 0. The van der Waals surface area contributed by atoms with Gasteiger partial charge in [-0.05, 0) is 69.2 Å². The molecular formula is C27H39F9N2O2. The van der Waals surface area contributed by atoms with E-state index in [1.54, 1.807) is 18.0 Å². The van der Waals surface area contributed by atoms with Crippen LogP contribution in [0.15, 0.2) is 24.3 Å². The molecule has 5 atom stereocenters. The van der Waals surface area contributed by atoms with Gasteiger partial charge in [-0.3, -0.25) is 9.69 Å². The maximum atomic E-state index is 13.1. The molecule has 0 aromatic carbocycles. The van der Waals surface area contributed by atoms with Crippen molar-refractivity contribution in [3.8, 4) is 0 Å². The summed E-state index contributed by atoms with van der Waals surface area (Å²) in [4.78, 5) is 16.1. The Kier molecular flexibility index (Phi) is 10.5. The molecule has 40 heavy (non-hydrogen) atoms. The molecule has 0 aliphatic heterocycles. The molecule has 0 aromatic heterocycles. The maximum Gasteiger partial charge on any atom is 0.435 e. The van der Waals surface area contributed by atoms with Crippen LogP contribution in [-0.4, -0.2) is 79.7 Å². The minimum atomic E-state index is -6.76. The minimum absolute atomic E-state index is 0.0419. The summed E-state index contributed by atoms with van der Waals surface area (Å²) in [6.07, 6.45) is -13.4. The molecule has 0 spiro atoms. The molecule has 232 valence electrons. The summed E-state index contributed by atoms with van der Waals surface area (Å²) in [5.41, 5.74) is -5.12. The number of nitrogens with zero attached hydrogens (tertiary/aromatic N) is 2. The van der Waals surface area contributed by atoms with Crippen LogP contribution in [0.25, 0.3) is 0 Å². The zero-order valence-corrected chi connectivity index (χ0v) is 23.4. The highest BCUT2D eigenvalue weighted by atomic mass is 19.4. The summed E-state index contributed by atoms with van der Waals surface area (Å²) in [5, 5.41) is 0. The smallest absolute Gasteiger partial charge is 0.351 e. The molecule has 2 rings (SSSR count). The molecule has 0 N–H and O–H groups in total. The third-order valence-corrected chi connectivity index (χ3v) is 9.05. The zero-order valence-electron chi connectivity index (χ0n) is 23.4. The van der Waals surface area contributed by atoms with Gasteiger partial charge < -0.3 is 9.64 Å². The Balaban J connectivity index is 1.98. The minimum Gasteiger partial charge on any atom is -0.351 e. The fourth-order valence-electron chi connectivity index (χ4n) is 6.94. The number of allylic oxidation sites excluding steroid dienone is 3. The van der Waals surface area contributed by atoms with Gasteiger partial charge in [0.25, 0.3) is 0 Å². The number of carbonyl (C=O) groups excluding carboxylic acids is 1. The van der Waals surface area contributed by atoms with Crippen molar-refractivity contribution in [3.63, 3.8) is 0 Å². The van der Waals surface area contributed by atoms with E-state index in [4.69, 9.17) is 0 Å². The predicted molar refractivity (Wildman–Crippen MR) is 132 cm³/mol. The topological polar surface area (TPSA) is 32.8 Å². The lowest BCUT2D eigenvalue weighted by molar-refractivity contribution is -0.457. The molecule has 2 aliphatic carbocycles. The molecule has 4 nitrogen and oxygen atoms in total. The van der Waals surface area contributed by atoms with Crippen molar-refractivity contribution in [1.29, 1.82) is 0 Å². The van der Waals surface area contributed by atoms with E-state index in [1.165, 1.54) is 17.5 Å². The van der Waals surface area contributed by atoms with Crippen molar-refractivity contribution in [2.45, 2.75) is 83.0 Å². The van der Waals surface area contributed by atoms with Crippen molar-refractivity contribution in [2.24, 2.45) is 23.2 Å². The fraction of sp³-hybridized carbons (Fsp3) is 0.815. The van der Waals surface area contributed by atoms with Crippen molar-refractivity contribution in [3.05, 3.63) is 24.3 Å². The van der Waals surface area contributed by atoms with E-state index in [2.05, 4.69) is 32.1 Å². The maximum absolute atomic E-state index is 13.1. The van der Waals surface area contributed by atoms with Gasteiger partial charge in [-0.15, -0.1) is 0 Å². The second kappa shape index (κ2) is 12.2. The second-order valence-corrected chi connectivity index (χ2v) is 11.5. The number of hydrogen-bond acceptors (Lipinski definition) is 3. The quantitative estimate of drug-likeness (QED) is 0.153. The van der Waals surface area contributed by atoms with Gasteiger partial charge in [0.15, 0.2) is 0 Å². The highest BCUT2D eigenvalue weighted by Gasteiger charge is 2.85. The van der Waals surface area contributed by atoms with E-state index in [9.17, 15) is 44.3 Å². The van der Waals surface area contributed by atoms with E-state index in [1.807, 2.05) is 6.08 Å². The van der Waals surface area contributed by atoms with E-state index in [0.29, 0.717) is 17.8 Å². The van der Waals surface area contributed by atoms with Crippen LogP contribution in [0.2, 0.25) is 0 Å². The SMILES string of the molecule is C=C/C=C(\C)C1CC[C@@]2(C)C(CC[C@@H]2N(C)C(=O)CN(C)CCCOC(C(F)(F)F)(C(F)(F)F)C(F)(F)F)C1C. The van der Waals surface area contributed by atoms with Crippen LogP contribution in [0.4, 0.5) is 39.5 Å². The summed E-state index contributed by atoms with van der Waals surface area (Å²) in [6.45, 7) is 8.39. The molecule has 0 aromatic rings. The van der Waals surface area contributed by atoms with Gasteiger partial charge in [0.1, 0.15) is 0 Å². The Bertz CT molecular complexity index is 892. The number of amides is 1. The third kappa shape index (κ3) is 6.50. The van der Waals surface area contributed by atoms with E-state index in [-0.39, 0.29) is 30.5 Å². The van der Waals surface area contributed by atoms with Crippen LogP contribution in [0.3, 0.4) is 0 Å². The molecule has 0 heterocycles. The molecular weight excluding hydrogens is 555 g/mol. The monoisotopic (exact) mass is 594 g/mol. The fourth-order valence-corrected chi connectivity index (χ4v) is 6.94. The lowest BCUT2D eigenvalue weighted by atomic mass is 9.58. The largest absolute Gasteiger partial charge is 0.435 e. The number of hydrogen-bond donors (Lipinski definition) is 0. The van der Waals surface area contributed by atoms with Gasteiger partial charge in [-0.1, -0.05) is 38.2 Å². The van der Waals surface area contributed by atoms with Gasteiger partial charge in [-0.25, -0.2) is 0 Å². The summed E-state index contributed by atoms with van der Waals surface area (Å²) in [6, 6.07) is -0.0419. The Hall–Kier alpha value is -1.76. The van der Waals surface area contributed by atoms with Crippen molar-refractivity contribution in [1.82, 2.24) is 9.80 Å². The Morgan fingerprint density at radius 1 is 1.00 bits per heavy atom. The van der Waals surface area contributed by atoms with Gasteiger partial charge in [-0.2, -0.15) is 39.5 Å². The van der Waals surface area contributed by atoms with Gasteiger partial charge in [0.2, 0.25) is 5.91 Å². The lowest BCUT2D eigenvalue weighted by Crippen LogP contribution is -2.67. The lowest BCUT2D eigenvalue weighted by Gasteiger charge is -2.49. The van der Waals surface area contributed by atoms with E-state index >= 15 is 0 Å². The zero-order chi connectivity index (χ0) is 30.9. The summed E-state index contributed by atoms with van der Waals surface area (Å²) in [5.74, 6) is 0.937. The first-order chi connectivity index (χ1) is 18.2. The van der Waals surface area contributed by atoms with Gasteiger partial charge >= 0.3 is 24.1 Å². The van der Waals surface area contributed by atoms with Crippen LogP contribution >= 0.6 is 0 Å². The number of alkyl halides is 9. The number of rotatable bonds is 10. The summed E-state index contributed by atoms with van der Waals surface area (Å²) < 4.78 is 121. The second-order valence-electron chi connectivity index (χ2n) is 11.5. The van der Waals surface area contributed by atoms with Crippen LogP contribution in [-0.2, 0) is 9.53 Å². The average molecular weight is 595 g/mol. The van der Waals surface area contributed by atoms with Crippen LogP contribution in [0.1, 0.15) is 52.9 Å². The number of ether oxygens (including phenoxy) is 1. The van der Waals surface area contributed by atoms with Crippen LogP contribution < -0.4 is 0 Å². The first-order valence-corrected chi connectivity index (χ1v) is 13.2. The summed E-state index contributed by atoms with van der Waals surface area (Å²) in [7, 11) is 3.10. The number of carbonyl (C=O) groups is 1. The Morgan fingerprint density at radius 3 is 2.05 bits per heavy atom. The van der Waals surface area contributed by atoms with Crippen LogP contribution in [0, 0.1) is 23.2 Å². The number of likely N-dealkylation sites (N-methyl/N-ethyl adjacent to an activating group) is 2. The predicted octanol–water partition coefficient (Wildman–Crippen LogP) is 7.17. The van der Waals surface area contributed by atoms with Gasteiger partial charge in [0.05, 0.1) is 6.54 Å². The first-order valence-electron chi connectivity index (χ1n) is 13.2. The third-order valence-electron chi connectivity index (χ3n) is 9.05. The molecule has 0 bridgehead atoms. The van der Waals surface area contributed by atoms with Gasteiger partial charge in [0, 0.05) is 26.2 Å². The highest BCUT2D eigenvalue weighted by Crippen LogP contribution is 2.58. The van der Waals surface area contributed by atoms with E-state index < -0.39 is 37.2 Å². The van der Waals surface area contributed by atoms with Crippen molar-refractivity contribution in [2.75, 3.05) is 33.8 Å². The molecule has 2 aliphatic rings. The molecule has 0 saturated heterocycles. The number of halogens is 9. The Labute approximate surface area is 229 Å². The van der Waals surface area contributed by atoms with Crippen molar-refractivity contribution >= 4 is 5.91 Å². The molecule has 13 heteroatoms. The first kappa shape index (κ1) is 34.4. The molecule has 0 radical (unpaired) electrons.